The summed E-state index contributed by atoms with van der Waals surface area (Å²) in [5, 5.41) is 2.69. The van der Waals surface area contributed by atoms with Crippen LogP contribution in [0.25, 0.3) is 0 Å². The summed E-state index contributed by atoms with van der Waals surface area (Å²) in [7, 11) is -3.31. The van der Waals surface area contributed by atoms with Crippen molar-refractivity contribution in [3.05, 3.63) is 52.0 Å². The van der Waals surface area contributed by atoms with Crippen molar-refractivity contribution >= 4 is 21.4 Å². The number of thiazole rings is 1. The van der Waals surface area contributed by atoms with E-state index in [1.165, 1.54) is 11.3 Å². The normalized spacial score (nSPS) is 11.6. The summed E-state index contributed by atoms with van der Waals surface area (Å²) in [5.41, 5.74) is 1.69. The van der Waals surface area contributed by atoms with Crippen LogP contribution in [0.4, 0.5) is 0 Å². The number of sulfonamides is 1. The smallest absolute Gasteiger partial charge is 0.216 e. The summed E-state index contributed by atoms with van der Waals surface area (Å²) < 4.78 is 26.2. The van der Waals surface area contributed by atoms with Crippen molar-refractivity contribution in [1.82, 2.24) is 9.71 Å². The van der Waals surface area contributed by atoms with E-state index in [4.69, 9.17) is 0 Å². The van der Waals surface area contributed by atoms with Gasteiger partial charge in [-0.25, -0.2) is 18.1 Å². The quantitative estimate of drug-likeness (QED) is 0.913. The summed E-state index contributed by atoms with van der Waals surface area (Å²) in [4.78, 5) is 4.21. The fourth-order valence-corrected chi connectivity index (χ4v) is 3.39. The summed E-state index contributed by atoms with van der Waals surface area (Å²) in [5.74, 6) is -0.00179. The van der Waals surface area contributed by atoms with Gasteiger partial charge < -0.3 is 0 Å². The van der Waals surface area contributed by atoms with Crippen LogP contribution in [0.5, 0.6) is 0 Å². The van der Waals surface area contributed by atoms with Crippen LogP contribution in [0.1, 0.15) is 16.3 Å². The van der Waals surface area contributed by atoms with Gasteiger partial charge in [-0.1, -0.05) is 30.3 Å². The SMILES string of the molecule is Cc1csc(CNS(=O)(=O)Cc2ccccc2)n1. The molecular weight excluding hydrogens is 268 g/mol. The molecule has 6 heteroatoms. The van der Waals surface area contributed by atoms with E-state index in [2.05, 4.69) is 9.71 Å². The number of nitrogens with one attached hydrogen (secondary N) is 1. The zero-order valence-corrected chi connectivity index (χ0v) is 11.6. The molecular formula is C12H14N2O2S2. The molecule has 0 aliphatic heterocycles. The molecule has 0 aliphatic rings. The second-order valence-corrected chi connectivity index (χ2v) is 6.70. The Morgan fingerprint density at radius 2 is 2.00 bits per heavy atom. The van der Waals surface area contributed by atoms with Crippen molar-refractivity contribution in [2.45, 2.75) is 19.2 Å². The lowest BCUT2D eigenvalue weighted by atomic mass is 10.2. The average Bonchev–Trinajstić information content (AvgIpc) is 2.74. The first-order valence-electron chi connectivity index (χ1n) is 5.47. The number of aromatic nitrogens is 1. The molecule has 0 spiro atoms. The lowest BCUT2D eigenvalue weighted by molar-refractivity contribution is 0.580. The minimum Gasteiger partial charge on any atom is -0.245 e. The lowest BCUT2D eigenvalue weighted by Gasteiger charge is -2.05. The highest BCUT2D eigenvalue weighted by Gasteiger charge is 2.11. The molecule has 0 unspecified atom stereocenters. The zero-order valence-electron chi connectivity index (χ0n) is 9.96. The molecule has 1 aromatic carbocycles. The summed E-state index contributed by atoms with van der Waals surface area (Å²) in [6.07, 6.45) is 0. The van der Waals surface area contributed by atoms with Crippen molar-refractivity contribution in [1.29, 1.82) is 0 Å². The Morgan fingerprint density at radius 1 is 1.28 bits per heavy atom. The highest BCUT2D eigenvalue weighted by atomic mass is 32.2. The zero-order chi connectivity index (χ0) is 13.0. The first-order chi connectivity index (χ1) is 8.55. The Bertz CT molecular complexity index is 606. The van der Waals surface area contributed by atoms with E-state index in [9.17, 15) is 8.42 Å². The van der Waals surface area contributed by atoms with Crippen molar-refractivity contribution in [2.24, 2.45) is 0 Å². The average molecular weight is 282 g/mol. The number of rotatable bonds is 5. The summed E-state index contributed by atoms with van der Waals surface area (Å²) >= 11 is 1.46. The van der Waals surface area contributed by atoms with Gasteiger partial charge in [0.05, 0.1) is 12.3 Å². The van der Waals surface area contributed by atoms with Gasteiger partial charge in [0, 0.05) is 11.1 Å². The van der Waals surface area contributed by atoms with Crippen LogP contribution in [0.3, 0.4) is 0 Å². The molecule has 0 atom stereocenters. The molecule has 0 saturated heterocycles. The molecule has 18 heavy (non-hydrogen) atoms. The van der Waals surface area contributed by atoms with Gasteiger partial charge in [-0.3, -0.25) is 0 Å². The second-order valence-electron chi connectivity index (χ2n) is 3.95. The van der Waals surface area contributed by atoms with E-state index < -0.39 is 10.0 Å². The van der Waals surface area contributed by atoms with Gasteiger partial charge in [0.15, 0.2) is 0 Å². The van der Waals surface area contributed by atoms with E-state index in [0.29, 0.717) is 0 Å². The minimum absolute atomic E-state index is 0.00179. The van der Waals surface area contributed by atoms with E-state index in [1.54, 1.807) is 12.1 Å². The van der Waals surface area contributed by atoms with E-state index in [-0.39, 0.29) is 12.3 Å². The van der Waals surface area contributed by atoms with E-state index in [0.717, 1.165) is 16.3 Å². The highest BCUT2D eigenvalue weighted by Crippen LogP contribution is 2.09. The fourth-order valence-electron chi connectivity index (χ4n) is 1.50. The minimum atomic E-state index is -3.31. The third kappa shape index (κ3) is 3.90. The Hall–Kier alpha value is -1.24. The molecule has 96 valence electrons. The molecule has 0 fully saturated rings. The van der Waals surface area contributed by atoms with E-state index >= 15 is 0 Å². The molecule has 4 nitrogen and oxygen atoms in total. The molecule has 0 radical (unpaired) electrons. The van der Waals surface area contributed by atoms with Crippen LogP contribution in [0, 0.1) is 6.92 Å². The Labute approximate surface area is 111 Å². The molecule has 0 saturated carbocycles. The number of benzene rings is 1. The first kappa shape index (κ1) is 13.2. The van der Waals surface area contributed by atoms with Gasteiger partial charge in [-0.15, -0.1) is 11.3 Å². The Balaban J connectivity index is 1.96. The fraction of sp³-hybridized carbons (Fsp3) is 0.250. The van der Waals surface area contributed by atoms with Gasteiger partial charge in [-0.05, 0) is 12.5 Å². The van der Waals surface area contributed by atoms with Crippen LogP contribution in [-0.2, 0) is 22.3 Å². The third-order valence-corrected chi connectivity index (χ3v) is 4.57. The summed E-state index contributed by atoms with van der Waals surface area (Å²) in [6, 6.07) is 9.12. The maximum Gasteiger partial charge on any atom is 0.216 e. The number of hydrogen-bond acceptors (Lipinski definition) is 4. The molecule has 0 aliphatic carbocycles. The van der Waals surface area contributed by atoms with Crippen LogP contribution in [0.15, 0.2) is 35.7 Å². The molecule has 2 rings (SSSR count). The van der Waals surface area contributed by atoms with Gasteiger partial charge in [0.1, 0.15) is 5.01 Å². The molecule has 0 amide bonds. The number of nitrogens with zero attached hydrogens (tertiary/aromatic N) is 1. The van der Waals surface area contributed by atoms with Crippen molar-refractivity contribution in [3.63, 3.8) is 0 Å². The van der Waals surface area contributed by atoms with Gasteiger partial charge in [0.25, 0.3) is 0 Å². The maximum absolute atomic E-state index is 11.8. The van der Waals surface area contributed by atoms with Crippen LogP contribution in [0.2, 0.25) is 0 Å². The Kier molecular flexibility index (Phi) is 4.11. The predicted molar refractivity (Wildman–Crippen MR) is 72.8 cm³/mol. The molecule has 2 aromatic rings. The van der Waals surface area contributed by atoms with Crippen LogP contribution < -0.4 is 4.72 Å². The van der Waals surface area contributed by atoms with Crippen molar-refractivity contribution in [2.75, 3.05) is 0 Å². The first-order valence-corrected chi connectivity index (χ1v) is 8.01. The van der Waals surface area contributed by atoms with E-state index in [1.807, 2.05) is 30.5 Å². The largest absolute Gasteiger partial charge is 0.245 e. The Morgan fingerprint density at radius 3 is 2.61 bits per heavy atom. The molecule has 1 N–H and O–H groups in total. The predicted octanol–water partition coefficient (Wildman–Crippen LogP) is 2.07. The number of hydrogen-bond donors (Lipinski definition) is 1. The monoisotopic (exact) mass is 282 g/mol. The van der Waals surface area contributed by atoms with Gasteiger partial charge >= 0.3 is 0 Å². The van der Waals surface area contributed by atoms with Crippen molar-refractivity contribution in [3.8, 4) is 0 Å². The summed E-state index contributed by atoms with van der Waals surface area (Å²) in [6.45, 7) is 2.14. The third-order valence-electron chi connectivity index (χ3n) is 2.31. The van der Waals surface area contributed by atoms with Crippen LogP contribution in [-0.4, -0.2) is 13.4 Å². The molecule has 0 bridgehead atoms. The highest BCUT2D eigenvalue weighted by molar-refractivity contribution is 7.88. The van der Waals surface area contributed by atoms with Crippen LogP contribution >= 0.6 is 11.3 Å². The topological polar surface area (TPSA) is 59.1 Å². The lowest BCUT2D eigenvalue weighted by Crippen LogP contribution is -2.24. The number of aryl methyl sites for hydroxylation is 1. The molecule has 1 heterocycles. The second kappa shape index (κ2) is 5.60. The van der Waals surface area contributed by atoms with Gasteiger partial charge in [-0.2, -0.15) is 0 Å². The van der Waals surface area contributed by atoms with Gasteiger partial charge in [0.2, 0.25) is 10.0 Å². The molecule has 1 aromatic heterocycles. The maximum atomic E-state index is 11.8. The van der Waals surface area contributed by atoms with Crippen molar-refractivity contribution < 1.29 is 8.42 Å². The standard InChI is InChI=1S/C12H14N2O2S2/c1-10-8-17-12(14-10)7-13-18(15,16)9-11-5-3-2-4-6-11/h2-6,8,13H,7,9H2,1H3.